The number of carboxylic acids is 1. The lowest BCUT2D eigenvalue weighted by Crippen LogP contribution is -2.06. The number of nitrogens with zero attached hydrogens (tertiary/aromatic N) is 2. The van der Waals surface area contributed by atoms with Gasteiger partial charge in [0.05, 0.1) is 11.1 Å². The molecule has 24 heavy (non-hydrogen) atoms. The summed E-state index contributed by atoms with van der Waals surface area (Å²) in [6.45, 7) is 1.44. The van der Waals surface area contributed by atoms with Crippen LogP contribution >= 0.6 is 0 Å². The van der Waals surface area contributed by atoms with E-state index in [-0.39, 0.29) is 11.5 Å². The third-order valence-electron chi connectivity index (χ3n) is 3.33. The molecule has 3 rings (SSSR count). The van der Waals surface area contributed by atoms with Gasteiger partial charge >= 0.3 is 5.97 Å². The molecule has 3 aromatic rings. The SMILES string of the molecule is CC(=O)Nc1cccc(Nc2ncnc3cc(C(=O)O)ccc23)c1. The Kier molecular flexibility index (Phi) is 4.07. The largest absolute Gasteiger partial charge is 0.478 e. The Labute approximate surface area is 137 Å². The van der Waals surface area contributed by atoms with Crippen LogP contribution in [-0.2, 0) is 4.79 Å². The number of benzene rings is 2. The van der Waals surface area contributed by atoms with Crippen LogP contribution in [0.3, 0.4) is 0 Å². The summed E-state index contributed by atoms with van der Waals surface area (Å²) in [5.74, 6) is -0.606. The number of hydrogen-bond donors (Lipinski definition) is 3. The van der Waals surface area contributed by atoms with Crippen molar-refractivity contribution in [1.82, 2.24) is 9.97 Å². The van der Waals surface area contributed by atoms with Crippen molar-refractivity contribution >= 4 is 40.0 Å². The average molecular weight is 322 g/mol. The molecule has 1 aromatic heterocycles. The lowest BCUT2D eigenvalue weighted by atomic mass is 10.1. The molecule has 7 nitrogen and oxygen atoms in total. The molecule has 0 saturated heterocycles. The van der Waals surface area contributed by atoms with Crippen molar-refractivity contribution in [2.24, 2.45) is 0 Å². The Hall–Kier alpha value is -3.48. The molecular formula is C17H14N4O3. The Morgan fingerprint density at radius 1 is 1.04 bits per heavy atom. The normalized spacial score (nSPS) is 10.4. The van der Waals surface area contributed by atoms with Crippen molar-refractivity contribution in [3.63, 3.8) is 0 Å². The zero-order valence-corrected chi connectivity index (χ0v) is 12.8. The van der Waals surface area contributed by atoms with Gasteiger partial charge in [0, 0.05) is 23.7 Å². The molecule has 120 valence electrons. The van der Waals surface area contributed by atoms with Gasteiger partial charge in [-0.2, -0.15) is 0 Å². The van der Waals surface area contributed by atoms with E-state index in [0.29, 0.717) is 22.4 Å². The van der Waals surface area contributed by atoms with Gasteiger partial charge in [-0.1, -0.05) is 6.07 Å². The highest BCUT2D eigenvalue weighted by atomic mass is 16.4. The average Bonchev–Trinajstić information content (AvgIpc) is 2.54. The summed E-state index contributed by atoms with van der Waals surface area (Å²) in [7, 11) is 0. The maximum atomic E-state index is 11.1. The molecular weight excluding hydrogens is 308 g/mol. The van der Waals surface area contributed by atoms with E-state index in [1.165, 1.54) is 25.4 Å². The highest BCUT2D eigenvalue weighted by Gasteiger charge is 2.09. The van der Waals surface area contributed by atoms with Crippen molar-refractivity contribution in [3.05, 3.63) is 54.4 Å². The molecule has 0 atom stereocenters. The minimum absolute atomic E-state index is 0.152. The van der Waals surface area contributed by atoms with E-state index < -0.39 is 5.97 Å². The zero-order valence-electron chi connectivity index (χ0n) is 12.8. The number of anilines is 3. The number of aromatic nitrogens is 2. The van der Waals surface area contributed by atoms with Gasteiger partial charge in [-0.25, -0.2) is 14.8 Å². The molecule has 0 aliphatic rings. The van der Waals surface area contributed by atoms with Crippen LogP contribution in [0.15, 0.2) is 48.8 Å². The Morgan fingerprint density at radius 2 is 1.83 bits per heavy atom. The zero-order chi connectivity index (χ0) is 17.1. The van der Waals surface area contributed by atoms with Crippen molar-refractivity contribution in [1.29, 1.82) is 0 Å². The van der Waals surface area contributed by atoms with Crippen LogP contribution in [0.4, 0.5) is 17.2 Å². The quantitative estimate of drug-likeness (QED) is 0.682. The molecule has 1 heterocycles. The van der Waals surface area contributed by atoms with Crippen molar-refractivity contribution in [2.75, 3.05) is 10.6 Å². The number of nitrogens with one attached hydrogen (secondary N) is 2. The third-order valence-corrected chi connectivity index (χ3v) is 3.33. The van der Waals surface area contributed by atoms with E-state index in [1.807, 2.05) is 6.07 Å². The lowest BCUT2D eigenvalue weighted by molar-refractivity contribution is -0.114. The molecule has 0 fully saturated rings. The summed E-state index contributed by atoms with van der Waals surface area (Å²) in [6.07, 6.45) is 1.37. The third kappa shape index (κ3) is 3.30. The van der Waals surface area contributed by atoms with Crippen LogP contribution < -0.4 is 10.6 Å². The highest BCUT2D eigenvalue weighted by Crippen LogP contribution is 2.25. The first-order valence-corrected chi connectivity index (χ1v) is 7.15. The first-order chi connectivity index (χ1) is 11.5. The van der Waals surface area contributed by atoms with Gasteiger partial charge < -0.3 is 15.7 Å². The summed E-state index contributed by atoms with van der Waals surface area (Å²) in [5.41, 5.74) is 2.10. The monoisotopic (exact) mass is 322 g/mol. The second kappa shape index (κ2) is 6.33. The number of carbonyl (C=O) groups is 2. The van der Waals surface area contributed by atoms with Gasteiger partial charge in [0.1, 0.15) is 12.1 Å². The summed E-state index contributed by atoms with van der Waals surface area (Å²) < 4.78 is 0. The van der Waals surface area contributed by atoms with Gasteiger partial charge in [0.15, 0.2) is 0 Å². The van der Waals surface area contributed by atoms with Crippen LogP contribution in [0.25, 0.3) is 10.9 Å². The van der Waals surface area contributed by atoms with Gasteiger partial charge in [-0.3, -0.25) is 4.79 Å². The molecule has 0 aliphatic heterocycles. The molecule has 0 radical (unpaired) electrons. The smallest absolute Gasteiger partial charge is 0.335 e. The van der Waals surface area contributed by atoms with E-state index >= 15 is 0 Å². The van der Waals surface area contributed by atoms with E-state index in [1.54, 1.807) is 24.3 Å². The van der Waals surface area contributed by atoms with Gasteiger partial charge in [0.25, 0.3) is 0 Å². The number of carbonyl (C=O) groups excluding carboxylic acids is 1. The Balaban J connectivity index is 1.95. The minimum atomic E-state index is -1.01. The maximum Gasteiger partial charge on any atom is 0.335 e. The number of carboxylic acid groups (broad SMARTS) is 1. The second-order valence-corrected chi connectivity index (χ2v) is 5.15. The predicted molar refractivity (Wildman–Crippen MR) is 90.5 cm³/mol. The standard InChI is InChI=1S/C17H14N4O3/c1-10(22)20-12-3-2-4-13(8-12)21-16-14-6-5-11(17(23)24)7-15(14)18-9-19-16/h2-9H,1H3,(H,20,22)(H,23,24)(H,18,19,21). The fourth-order valence-electron chi connectivity index (χ4n) is 2.30. The molecule has 7 heteroatoms. The van der Waals surface area contributed by atoms with Crippen molar-refractivity contribution in [3.8, 4) is 0 Å². The van der Waals surface area contributed by atoms with Crippen molar-refractivity contribution in [2.45, 2.75) is 6.92 Å². The summed E-state index contributed by atoms with van der Waals surface area (Å²) in [6, 6.07) is 11.9. The van der Waals surface area contributed by atoms with Gasteiger partial charge in [-0.15, -0.1) is 0 Å². The van der Waals surface area contributed by atoms with E-state index in [4.69, 9.17) is 5.11 Å². The Morgan fingerprint density at radius 3 is 2.58 bits per heavy atom. The number of rotatable bonds is 4. The van der Waals surface area contributed by atoms with Crippen LogP contribution in [0.2, 0.25) is 0 Å². The van der Waals surface area contributed by atoms with E-state index in [0.717, 1.165) is 5.69 Å². The summed E-state index contributed by atoms with van der Waals surface area (Å²) in [5, 5.41) is 15.6. The molecule has 1 amide bonds. The maximum absolute atomic E-state index is 11.1. The Bertz CT molecular complexity index is 940. The molecule has 0 spiro atoms. The van der Waals surface area contributed by atoms with E-state index in [2.05, 4.69) is 20.6 Å². The highest BCUT2D eigenvalue weighted by molar-refractivity contribution is 5.97. The molecule has 0 bridgehead atoms. The van der Waals surface area contributed by atoms with Crippen LogP contribution in [0.5, 0.6) is 0 Å². The topological polar surface area (TPSA) is 104 Å². The molecule has 2 aromatic carbocycles. The molecule has 0 unspecified atom stereocenters. The van der Waals surface area contributed by atoms with Crippen LogP contribution in [-0.4, -0.2) is 27.0 Å². The van der Waals surface area contributed by atoms with Crippen LogP contribution in [0, 0.1) is 0 Å². The fraction of sp³-hybridized carbons (Fsp3) is 0.0588. The molecule has 0 aliphatic carbocycles. The summed E-state index contributed by atoms with van der Waals surface area (Å²) in [4.78, 5) is 30.5. The predicted octanol–water partition coefficient (Wildman–Crippen LogP) is 3.03. The van der Waals surface area contributed by atoms with Crippen LogP contribution in [0.1, 0.15) is 17.3 Å². The number of hydrogen-bond acceptors (Lipinski definition) is 5. The fourth-order valence-corrected chi connectivity index (χ4v) is 2.30. The van der Waals surface area contributed by atoms with Gasteiger partial charge in [0.2, 0.25) is 5.91 Å². The van der Waals surface area contributed by atoms with E-state index in [9.17, 15) is 9.59 Å². The van der Waals surface area contributed by atoms with Crippen molar-refractivity contribution < 1.29 is 14.7 Å². The first-order valence-electron chi connectivity index (χ1n) is 7.15. The number of aromatic carboxylic acids is 1. The molecule has 3 N–H and O–H groups in total. The minimum Gasteiger partial charge on any atom is -0.478 e. The second-order valence-electron chi connectivity index (χ2n) is 5.15. The van der Waals surface area contributed by atoms with Gasteiger partial charge in [-0.05, 0) is 36.4 Å². The lowest BCUT2D eigenvalue weighted by Gasteiger charge is -2.10. The number of fused-ring (bicyclic) bond motifs is 1. The molecule has 0 saturated carbocycles. The number of amides is 1. The summed E-state index contributed by atoms with van der Waals surface area (Å²) >= 11 is 0. The first kappa shape index (κ1) is 15.4.